The van der Waals surface area contributed by atoms with Gasteiger partial charge in [-0.1, -0.05) is 0 Å². The Morgan fingerprint density at radius 3 is 1.65 bits per heavy atom. The maximum atomic E-state index is 14.0. The van der Waals surface area contributed by atoms with Gasteiger partial charge in [0.05, 0.1) is 19.8 Å². The number of benzene rings is 2. The Balaban J connectivity index is 1.40. The van der Waals surface area contributed by atoms with Gasteiger partial charge in [-0.05, 0) is 24.3 Å². The van der Waals surface area contributed by atoms with Gasteiger partial charge in [0.15, 0.2) is 24.4 Å². The number of hydrogen-bond donors (Lipinski definition) is 13. The minimum Gasteiger partial charge on any atom is -0.508 e. The van der Waals surface area contributed by atoms with Gasteiger partial charge in [-0.3, -0.25) is 4.79 Å². The predicted octanol–water partition coefficient (Wildman–Crippen LogP) is -4.60. The molecular formula is C33H40O21. The molecule has 0 aliphatic carbocycles. The van der Waals surface area contributed by atoms with E-state index in [0.29, 0.717) is 0 Å². The SMILES string of the molecule is O=c1c(O[C@@H]2O[C@H](CO)[C@@H](O)[C@H](O)[C@H]2O[C@@H]2O[C@H](CO)[C@@H](O)[C@H](O)[C@H]2O[C@@H]2O[C@H](CO)[C@@H](O)[C@H](O)[C@H]2O)c(-c2ccc(O)cc2)oc2cc(O)cc(O)c12. The highest BCUT2D eigenvalue weighted by atomic mass is 16.8. The van der Waals surface area contributed by atoms with Crippen LogP contribution in [0.4, 0.5) is 0 Å². The van der Waals surface area contributed by atoms with Gasteiger partial charge in [0.1, 0.15) is 95.4 Å². The van der Waals surface area contributed by atoms with Crippen LogP contribution in [0.5, 0.6) is 23.0 Å². The molecule has 3 saturated heterocycles. The molecule has 15 atom stereocenters. The van der Waals surface area contributed by atoms with E-state index in [0.717, 1.165) is 12.1 Å². The van der Waals surface area contributed by atoms with Crippen molar-refractivity contribution in [3.63, 3.8) is 0 Å². The molecule has 1 aromatic heterocycles. The minimum atomic E-state index is -2.08. The molecule has 6 rings (SSSR count). The molecule has 0 unspecified atom stereocenters. The van der Waals surface area contributed by atoms with Crippen LogP contribution in [0.15, 0.2) is 45.6 Å². The fourth-order valence-electron chi connectivity index (χ4n) is 6.39. The zero-order valence-corrected chi connectivity index (χ0v) is 27.8. The monoisotopic (exact) mass is 772 g/mol. The summed E-state index contributed by atoms with van der Waals surface area (Å²) in [5.41, 5.74) is -1.26. The number of fused-ring (bicyclic) bond motifs is 1. The molecule has 3 aliphatic rings. The predicted molar refractivity (Wildman–Crippen MR) is 173 cm³/mol. The molecule has 21 nitrogen and oxygen atoms in total. The zero-order valence-electron chi connectivity index (χ0n) is 27.8. The van der Waals surface area contributed by atoms with E-state index in [1.54, 1.807) is 0 Å². The van der Waals surface area contributed by atoms with E-state index >= 15 is 0 Å². The third-order valence-corrected chi connectivity index (χ3v) is 9.36. The van der Waals surface area contributed by atoms with Crippen molar-refractivity contribution in [3.8, 4) is 34.3 Å². The summed E-state index contributed by atoms with van der Waals surface area (Å²) in [6.45, 7) is -2.69. The Kier molecular flexibility index (Phi) is 11.9. The summed E-state index contributed by atoms with van der Waals surface area (Å²) in [7, 11) is 0. The topological polar surface area (TPSA) is 349 Å². The molecule has 0 spiro atoms. The fraction of sp³-hybridized carbons (Fsp3) is 0.545. The normalized spacial score (nSPS) is 37.3. The van der Waals surface area contributed by atoms with Crippen molar-refractivity contribution in [2.24, 2.45) is 0 Å². The van der Waals surface area contributed by atoms with Crippen molar-refractivity contribution in [2.45, 2.75) is 92.1 Å². The third-order valence-electron chi connectivity index (χ3n) is 9.36. The molecule has 21 heteroatoms. The number of aliphatic hydroxyl groups excluding tert-OH is 10. The largest absolute Gasteiger partial charge is 0.508 e. The van der Waals surface area contributed by atoms with Crippen LogP contribution >= 0.6 is 0 Å². The van der Waals surface area contributed by atoms with Crippen LogP contribution in [-0.4, -0.2) is 178 Å². The molecule has 0 bridgehead atoms. The van der Waals surface area contributed by atoms with E-state index in [1.807, 2.05) is 0 Å². The van der Waals surface area contributed by atoms with Crippen LogP contribution in [-0.2, 0) is 23.7 Å². The molecule has 0 amide bonds. The minimum absolute atomic E-state index is 0.101. The molecule has 3 fully saturated rings. The molecule has 54 heavy (non-hydrogen) atoms. The summed E-state index contributed by atoms with van der Waals surface area (Å²) in [6, 6.07) is 6.99. The molecule has 3 aliphatic heterocycles. The van der Waals surface area contributed by atoms with Crippen molar-refractivity contribution in [2.75, 3.05) is 19.8 Å². The molecule has 298 valence electrons. The molecule has 2 aromatic carbocycles. The van der Waals surface area contributed by atoms with E-state index in [2.05, 4.69) is 0 Å². The fourth-order valence-corrected chi connectivity index (χ4v) is 6.39. The number of rotatable bonds is 10. The highest BCUT2D eigenvalue weighted by molar-refractivity contribution is 5.88. The number of aromatic hydroxyl groups is 3. The maximum Gasteiger partial charge on any atom is 0.239 e. The first kappa shape index (κ1) is 39.9. The standard InChI is InChI=1S/C33H40O21/c34-7-15-19(40)23(44)26(47)31(49-15)53-29-24(45)20(41)17(9-36)51-33(29)54-30-25(46)21(42)16(8-35)50-32(30)52-28-22(43)18-13(39)5-12(38)6-14(18)48-27(28)10-1-3-11(37)4-2-10/h1-6,15-17,19-21,23-26,29-42,44-47H,7-9H2/t15-,16-,17-,19-,20-,21-,23+,24+,25+,26-,29-,30-,31+,32+,33+/m1/s1. The molecule has 4 heterocycles. The molecule has 0 saturated carbocycles. The Labute approximate surface area is 303 Å². The van der Waals surface area contributed by atoms with Crippen LogP contribution in [0, 0.1) is 0 Å². The first-order chi connectivity index (χ1) is 25.7. The maximum absolute atomic E-state index is 14.0. The van der Waals surface area contributed by atoms with Crippen molar-refractivity contribution in [3.05, 3.63) is 46.6 Å². The van der Waals surface area contributed by atoms with Crippen LogP contribution in [0.25, 0.3) is 22.3 Å². The second-order valence-corrected chi connectivity index (χ2v) is 12.9. The average molecular weight is 773 g/mol. The van der Waals surface area contributed by atoms with Crippen molar-refractivity contribution in [1.82, 2.24) is 0 Å². The van der Waals surface area contributed by atoms with Crippen molar-refractivity contribution >= 4 is 11.0 Å². The van der Waals surface area contributed by atoms with E-state index < -0.39 is 140 Å². The average Bonchev–Trinajstić information content (AvgIpc) is 3.14. The lowest BCUT2D eigenvalue weighted by atomic mass is 9.96. The molecule has 0 radical (unpaired) electrons. The molecule has 3 aromatic rings. The van der Waals surface area contributed by atoms with Gasteiger partial charge in [0.2, 0.25) is 17.5 Å². The summed E-state index contributed by atoms with van der Waals surface area (Å²) in [4.78, 5) is 14.0. The summed E-state index contributed by atoms with van der Waals surface area (Å²) in [6.07, 6.45) is -28.3. The van der Waals surface area contributed by atoms with Gasteiger partial charge < -0.3 is 99.2 Å². The zero-order chi connectivity index (χ0) is 39.2. The molecular weight excluding hydrogens is 732 g/mol. The van der Waals surface area contributed by atoms with Gasteiger partial charge in [-0.25, -0.2) is 0 Å². The Hall–Kier alpha value is -3.75. The number of ether oxygens (including phenoxy) is 6. The first-order valence-corrected chi connectivity index (χ1v) is 16.5. The number of hydrogen-bond acceptors (Lipinski definition) is 21. The second kappa shape index (κ2) is 16.2. The van der Waals surface area contributed by atoms with Gasteiger partial charge in [0.25, 0.3) is 0 Å². The van der Waals surface area contributed by atoms with Crippen LogP contribution < -0.4 is 10.2 Å². The van der Waals surface area contributed by atoms with Crippen LogP contribution in [0.1, 0.15) is 0 Å². The smallest absolute Gasteiger partial charge is 0.239 e. The van der Waals surface area contributed by atoms with Gasteiger partial charge in [-0.2, -0.15) is 0 Å². The lowest BCUT2D eigenvalue weighted by Crippen LogP contribution is -2.67. The van der Waals surface area contributed by atoms with E-state index in [9.17, 15) is 71.2 Å². The van der Waals surface area contributed by atoms with Crippen molar-refractivity contribution < 1.29 is 99.2 Å². The Morgan fingerprint density at radius 2 is 1.07 bits per heavy atom. The highest BCUT2D eigenvalue weighted by Crippen LogP contribution is 2.39. The summed E-state index contributed by atoms with van der Waals surface area (Å²) in [5.74, 6) is -2.45. The van der Waals surface area contributed by atoms with Crippen molar-refractivity contribution in [1.29, 1.82) is 0 Å². The van der Waals surface area contributed by atoms with E-state index in [-0.39, 0.29) is 22.7 Å². The van der Waals surface area contributed by atoms with Gasteiger partial charge in [-0.15, -0.1) is 0 Å². The summed E-state index contributed by atoms with van der Waals surface area (Å²) < 4.78 is 40.2. The van der Waals surface area contributed by atoms with Gasteiger partial charge >= 0.3 is 0 Å². The van der Waals surface area contributed by atoms with Gasteiger partial charge in [0, 0.05) is 17.7 Å². The van der Waals surface area contributed by atoms with E-state index in [4.69, 9.17) is 32.8 Å². The summed E-state index contributed by atoms with van der Waals surface area (Å²) in [5, 5.41) is 135. The number of phenolic OH excluding ortho intramolecular Hbond substituents is 3. The first-order valence-electron chi connectivity index (χ1n) is 16.5. The highest BCUT2D eigenvalue weighted by Gasteiger charge is 2.54. The Bertz CT molecular complexity index is 1800. The third kappa shape index (κ3) is 7.45. The Morgan fingerprint density at radius 1 is 0.574 bits per heavy atom. The quantitative estimate of drug-likeness (QED) is 0.0922. The number of phenols is 3. The number of aliphatic hydroxyl groups is 10. The second-order valence-electron chi connectivity index (χ2n) is 12.9. The van der Waals surface area contributed by atoms with Crippen LogP contribution in [0.2, 0.25) is 0 Å². The lowest BCUT2D eigenvalue weighted by Gasteiger charge is -2.48. The molecule has 13 N–H and O–H groups in total. The van der Waals surface area contributed by atoms with E-state index in [1.165, 1.54) is 24.3 Å². The summed E-state index contributed by atoms with van der Waals surface area (Å²) >= 11 is 0. The van der Waals surface area contributed by atoms with Crippen LogP contribution in [0.3, 0.4) is 0 Å². The lowest BCUT2D eigenvalue weighted by molar-refractivity contribution is -0.389.